The second kappa shape index (κ2) is 9.75. The van der Waals surface area contributed by atoms with Crippen molar-refractivity contribution in [2.45, 2.75) is 13.5 Å². The fraction of sp³-hybridized carbons (Fsp3) is 0.208. The van der Waals surface area contributed by atoms with Gasteiger partial charge in [-0.15, -0.1) is 0 Å². The number of carbonyl (C=O) groups is 1. The van der Waals surface area contributed by atoms with E-state index in [1.807, 2.05) is 91.7 Å². The maximum Gasteiger partial charge on any atom is 0.238 e. The first-order valence-electron chi connectivity index (χ1n) is 9.48. The SMILES string of the molecule is COc1cccc(CN(C)CC(=O)Nc2ccccc2Oc2ccc(C)cc2)c1. The molecule has 0 fully saturated rings. The normalized spacial score (nSPS) is 10.6. The average Bonchev–Trinajstić information content (AvgIpc) is 2.71. The van der Waals surface area contributed by atoms with Crippen LogP contribution in [0.4, 0.5) is 5.69 Å². The number of hydrogen-bond acceptors (Lipinski definition) is 4. The highest BCUT2D eigenvalue weighted by Crippen LogP contribution is 2.29. The van der Waals surface area contributed by atoms with Gasteiger partial charge in [-0.2, -0.15) is 0 Å². The molecule has 3 aromatic carbocycles. The molecule has 0 spiro atoms. The van der Waals surface area contributed by atoms with Crippen molar-refractivity contribution in [1.29, 1.82) is 0 Å². The molecule has 0 radical (unpaired) electrons. The van der Waals surface area contributed by atoms with E-state index in [0.29, 0.717) is 18.0 Å². The lowest BCUT2D eigenvalue weighted by atomic mass is 10.2. The Bertz CT molecular complexity index is 954. The van der Waals surface area contributed by atoms with E-state index in [9.17, 15) is 4.79 Å². The second-order valence-corrected chi connectivity index (χ2v) is 6.98. The van der Waals surface area contributed by atoms with E-state index in [0.717, 1.165) is 22.6 Å². The summed E-state index contributed by atoms with van der Waals surface area (Å²) in [6.07, 6.45) is 0. The fourth-order valence-electron chi connectivity index (χ4n) is 2.97. The van der Waals surface area contributed by atoms with Crippen LogP contribution in [0.5, 0.6) is 17.2 Å². The van der Waals surface area contributed by atoms with Gasteiger partial charge in [-0.05, 0) is 55.9 Å². The number of amides is 1. The number of rotatable bonds is 8. The van der Waals surface area contributed by atoms with E-state index in [1.54, 1.807) is 7.11 Å². The molecule has 29 heavy (non-hydrogen) atoms. The zero-order valence-corrected chi connectivity index (χ0v) is 17.0. The van der Waals surface area contributed by atoms with Gasteiger partial charge in [-0.1, -0.05) is 42.0 Å². The highest BCUT2D eigenvalue weighted by atomic mass is 16.5. The minimum Gasteiger partial charge on any atom is -0.497 e. The van der Waals surface area contributed by atoms with E-state index in [2.05, 4.69) is 5.32 Å². The van der Waals surface area contributed by atoms with Crippen LogP contribution in [0.15, 0.2) is 72.8 Å². The maximum absolute atomic E-state index is 12.6. The van der Waals surface area contributed by atoms with E-state index in [1.165, 1.54) is 0 Å². The summed E-state index contributed by atoms with van der Waals surface area (Å²) in [5, 5.41) is 2.95. The molecule has 0 aliphatic rings. The number of ether oxygens (including phenoxy) is 2. The monoisotopic (exact) mass is 390 g/mol. The number of anilines is 1. The van der Waals surface area contributed by atoms with Crippen molar-refractivity contribution < 1.29 is 14.3 Å². The summed E-state index contributed by atoms with van der Waals surface area (Å²) in [5.74, 6) is 2.05. The predicted molar refractivity (Wildman–Crippen MR) is 116 cm³/mol. The Labute approximate surface area is 171 Å². The fourth-order valence-corrected chi connectivity index (χ4v) is 2.97. The van der Waals surface area contributed by atoms with Crippen LogP contribution < -0.4 is 14.8 Å². The highest BCUT2D eigenvalue weighted by Gasteiger charge is 2.11. The van der Waals surface area contributed by atoms with Crippen LogP contribution in [0.25, 0.3) is 0 Å². The van der Waals surface area contributed by atoms with Gasteiger partial charge in [-0.3, -0.25) is 9.69 Å². The zero-order chi connectivity index (χ0) is 20.6. The number of benzene rings is 3. The molecule has 0 saturated heterocycles. The van der Waals surface area contributed by atoms with Crippen LogP contribution in [-0.4, -0.2) is 31.5 Å². The molecule has 0 aliphatic heterocycles. The minimum absolute atomic E-state index is 0.102. The molecule has 1 amide bonds. The van der Waals surface area contributed by atoms with E-state index >= 15 is 0 Å². The first kappa shape index (κ1) is 20.4. The lowest BCUT2D eigenvalue weighted by Gasteiger charge is -2.18. The minimum atomic E-state index is -0.102. The molecule has 0 saturated carbocycles. The zero-order valence-electron chi connectivity index (χ0n) is 17.0. The predicted octanol–water partition coefficient (Wildman–Crippen LogP) is 4.87. The van der Waals surface area contributed by atoms with Crippen molar-refractivity contribution >= 4 is 11.6 Å². The molecule has 0 bridgehead atoms. The Morgan fingerprint density at radius 3 is 2.48 bits per heavy atom. The lowest BCUT2D eigenvalue weighted by Crippen LogP contribution is -2.29. The first-order valence-corrected chi connectivity index (χ1v) is 9.48. The van der Waals surface area contributed by atoms with Crippen molar-refractivity contribution in [3.05, 3.63) is 83.9 Å². The summed E-state index contributed by atoms with van der Waals surface area (Å²) in [6, 6.07) is 23.1. The van der Waals surface area contributed by atoms with Gasteiger partial charge in [0.05, 0.1) is 19.3 Å². The number of nitrogens with one attached hydrogen (secondary N) is 1. The van der Waals surface area contributed by atoms with Gasteiger partial charge in [0, 0.05) is 6.54 Å². The molecule has 1 N–H and O–H groups in total. The van der Waals surface area contributed by atoms with Gasteiger partial charge in [-0.25, -0.2) is 0 Å². The van der Waals surface area contributed by atoms with Gasteiger partial charge < -0.3 is 14.8 Å². The van der Waals surface area contributed by atoms with Crippen molar-refractivity contribution in [3.63, 3.8) is 0 Å². The third kappa shape index (κ3) is 6.09. The van der Waals surface area contributed by atoms with Gasteiger partial charge >= 0.3 is 0 Å². The molecular weight excluding hydrogens is 364 g/mol. The summed E-state index contributed by atoms with van der Waals surface area (Å²) in [6.45, 7) is 2.93. The number of likely N-dealkylation sites (N-methyl/N-ethyl adjacent to an activating group) is 1. The number of para-hydroxylation sites is 2. The molecule has 0 heterocycles. The molecule has 150 valence electrons. The van der Waals surface area contributed by atoms with Crippen LogP contribution in [0.1, 0.15) is 11.1 Å². The standard InChI is InChI=1S/C24H26N2O3/c1-18-11-13-20(14-12-18)29-23-10-5-4-9-22(23)25-24(27)17-26(2)16-19-7-6-8-21(15-19)28-3/h4-15H,16-17H2,1-3H3,(H,25,27). The van der Waals surface area contributed by atoms with E-state index in [4.69, 9.17) is 9.47 Å². The Balaban J connectivity index is 1.60. The van der Waals surface area contributed by atoms with Gasteiger partial charge in [0.15, 0.2) is 5.75 Å². The highest BCUT2D eigenvalue weighted by molar-refractivity contribution is 5.93. The Morgan fingerprint density at radius 2 is 1.72 bits per heavy atom. The van der Waals surface area contributed by atoms with Gasteiger partial charge in [0.1, 0.15) is 11.5 Å². The second-order valence-electron chi connectivity index (χ2n) is 6.98. The molecule has 0 atom stereocenters. The molecule has 5 heteroatoms. The van der Waals surface area contributed by atoms with Crippen LogP contribution >= 0.6 is 0 Å². The summed E-state index contributed by atoms with van der Waals surface area (Å²) in [7, 11) is 3.56. The molecule has 0 unspecified atom stereocenters. The molecule has 0 aromatic heterocycles. The van der Waals surface area contributed by atoms with Crippen LogP contribution in [-0.2, 0) is 11.3 Å². The third-order valence-electron chi connectivity index (χ3n) is 4.41. The smallest absolute Gasteiger partial charge is 0.238 e. The number of nitrogens with zero attached hydrogens (tertiary/aromatic N) is 1. The van der Waals surface area contributed by atoms with Gasteiger partial charge in [0.25, 0.3) is 0 Å². The topological polar surface area (TPSA) is 50.8 Å². The average molecular weight is 390 g/mol. The van der Waals surface area contributed by atoms with Gasteiger partial charge in [0.2, 0.25) is 5.91 Å². The summed E-state index contributed by atoms with van der Waals surface area (Å²) < 4.78 is 11.2. The van der Waals surface area contributed by atoms with Crippen molar-refractivity contribution in [1.82, 2.24) is 4.90 Å². The van der Waals surface area contributed by atoms with Crippen molar-refractivity contribution in [2.24, 2.45) is 0 Å². The number of hydrogen-bond donors (Lipinski definition) is 1. The summed E-state index contributed by atoms with van der Waals surface area (Å²) >= 11 is 0. The lowest BCUT2D eigenvalue weighted by molar-refractivity contribution is -0.117. The molecule has 3 rings (SSSR count). The number of aryl methyl sites for hydroxylation is 1. The first-order chi connectivity index (χ1) is 14.0. The molecule has 5 nitrogen and oxygen atoms in total. The number of carbonyl (C=O) groups excluding carboxylic acids is 1. The number of methoxy groups -OCH3 is 1. The van der Waals surface area contributed by atoms with E-state index < -0.39 is 0 Å². The third-order valence-corrected chi connectivity index (χ3v) is 4.41. The molecular formula is C24H26N2O3. The Morgan fingerprint density at radius 1 is 0.966 bits per heavy atom. The largest absolute Gasteiger partial charge is 0.497 e. The van der Waals surface area contributed by atoms with Crippen LogP contribution in [0.2, 0.25) is 0 Å². The van der Waals surface area contributed by atoms with Crippen molar-refractivity contribution in [3.8, 4) is 17.2 Å². The Kier molecular flexibility index (Phi) is 6.87. The molecule has 0 aliphatic carbocycles. The van der Waals surface area contributed by atoms with Crippen molar-refractivity contribution in [2.75, 3.05) is 26.0 Å². The van der Waals surface area contributed by atoms with E-state index in [-0.39, 0.29) is 12.5 Å². The maximum atomic E-state index is 12.6. The van der Waals surface area contributed by atoms with Crippen LogP contribution in [0.3, 0.4) is 0 Å². The van der Waals surface area contributed by atoms with Crippen LogP contribution in [0, 0.1) is 6.92 Å². The summed E-state index contributed by atoms with van der Waals surface area (Å²) in [5.41, 5.74) is 2.90. The molecule has 3 aromatic rings. The Hall–Kier alpha value is -3.31. The summed E-state index contributed by atoms with van der Waals surface area (Å²) in [4.78, 5) is 14.5. The quantitative estimate of drug-likeness (QED) is 0.596.